The van der Waals surface area contributed by atoms with Gasteiger partial charge in [-0.15, -0.1) is 12.4 Å². The number of thioether (sulfide) groups is 1. The summed E-state index contributed by atoms with van der Waals surface area (Å²) in [5, 5.41) is 2.86. The number of hydrogen-bond donors (Lipinski definition) is 1. The first-order valence-electron chi connectivity index (χ1n) is 4.52. The maximum atomic E-state index is 11.4. The highest BCUT2D eigenvalue weighted by Crippen LogP contribution is 2.05. The lowest BCUT2D eigenvalue weighted by atomic mass is 10.2. The van der Waals surface area contributed by atoms with Gasteiger partial charge in [0.2, 0.25) is 5.91 Å². The second-order valence-electron chi connectivity index (χ2n) is 3.17. The number of hydrogen-bond acceptors (Lipinski definition) is 3. The van der Waals surface area contributed by atoms with E-state index in [9.17, 15) is 4.79 Å². The quantitative estimate of drug-likeness (QED) is 0.758. The molecule has 0 rings (SSSR count). The van der Waals surface area contributed by atoms with E-state index in [2.05, 4.69) is 18.5 Å². The lowest BCUT2D eigenvalue weighted by Gasteiger charge is -2.24. The first-order chi connectivity index (χ1) is 6.13. The Morgan fingerprint density at radius 1 is 1.57 bits per heavy atom. The van der Waals surface area contributed by atoms with Crippen LogP contribution in [0.1, 0.15) is 13.3 Å². The van der Waals surface area contributed by atoms with Crippen LogP contribution in [0.25, 0.3) is 0 Å². The number of rotatable bonds is 6. The molecule has 0 saturated carbocycles. The van der Waals surface area contributed by atoms with Gasteiger partial charge in [-0.2, -0.15) is 11.8 Å². The summed E-state index contributed by atoms with van der Waals surface area (Å²) in [6.07, 6.45) is 3.15. The van der Waals surface area contributed by atoms with E-state index < -0.39 is 0 Å². The Bertz CT molecular complexity index is 158. The first kappa shape index (κ1) is 16.5. The topological polar surface area (TPSA) is 32.3 Å². The predicted octanol–water partition coefficient (Wildman–Crippen LogP) is 1.23. The van der Waals surface area contributed by atoms with E-state index in [1.165, 1.54) is 0 Å². The maximum Gasteiger partial charge on any atom is 0.236 e. The molecular weight excluding hydrogens is 220 g/mol. The molecule has 0 aromatic carbocycles. The zero-order valence-electron chi connectivity index (χ0n) is 9.37. The summed E-state index contributed by atoms with van der Waals surface area (Å²) < 4.78 is 0. The van der Waals surface area contributed by atoms with E-state index >= 15 is 0 Å². The molecule has 1 atom stereocenters. The normalized spacial score (nSPS) is 11.7. The number of amides is 1. The van der Waals surface area contributed by atoms with Gasteiger partial charge in [-0.3, -0.25) is 4.79 Å². The summed E-state index contributed by atoms with van der Waals surface area (Å²) >= 11 is 1.82. The lowest BCUT2D eigenvalue weighted by Crippen LogP contribution is -2.40. The zero-order chi connectivity index (χ0) is 10.3. The number of carbonyl (C=O) groups is 1. The van der Waals surface area contributed by atoms with E-state index in [1.54, 1.807) is 7.05 Å². The third-order valence-electron chi connectivity index (χ3n) is 2.12. The van der Waals surface area contributed by atoms with Crippen LogP contribution in [0.15, 0.2) is 0 Å². The van der Waals surface area contributed by atoms with E-state index in [-0.39, 0.29) is 18.3 Å². The number of carbonyl (C=O) groups excluding carboxylic acids is 1. The van der Waals surface area contributed by atoms with Crippen LogP contribution in [-0.2, 0) is 4.79 Å². The second-order valence-corrected chi connectivity index (χ2v) is 4.15. The van der Waals surface area contributed by atoms with Gasteiger partial charge in [-0.25, -0.2) is 0 Å². The zero-order valence-corrected chi connectivity index (χ0v) is 11.0. The molecule has 0 aromatic rings. The standard InChI is InChI=1S/C9H20N2OS.ClH/c1-8(5-6-13-4)11(3)9(12)7-10-2;/h8,10H,5-7H2,1-4H3;1H. The molecule has 0 spiro atoms. The van der Waals surface area contributed by atoms with Crippen LogP contribution in [0.3, 0.4) is 0 Å². The van der Waals surface area contributed by atoms with Gasteiger partial charge in [0, 0.05) is 13.1 Å². The molecule has 86 valence electrons. The molecule has 0 fully saturated rings. The molecule has 1 amide bonds. The molecule has 1 unspecified atom stereocenters. The fourth-order valence-corrected chi connectivity index (χ4v) is 1.58. The van der Waals surface area contributed by atoms with Gasteiger partial charge in [-0.1, -0.05) is 0 Å². The van der Waals surface area contributed by atoms with Crippen LogP contribution in [0.2, 0.25) is 0 Å². The Labute approximate surface area is 97.4 Å². The minimum Gasteiger partial charge on any atom is -0.342 e. The molecule has 0 saturated heterocycles. The molecule has 0 aromatic heterocycles. The molecule has 0 heterocycles. The molecule has 14 heavy (non-hydrogen) atoms. The maximum absolute atomic E-state index is 11.4. The number of nitrogens with zero attached hydrogens (tertiary/aromatic N) is 1. The highest BCUT2D eigenvalue weighted by atomic mass is 35.5. The third-order valence-corrected chi connectivity index (χ3v) is 2.77. The van der Waals surface area contributed by atoms with E-state index in [0.717, 1.165) is 12.2 Å². The van der Waals surface area contributed by atoms with Crippen molar-refractivity contribution in [3.8, 4) is 0 Å². The van der Waals surface area contributed by atoms with Crippen molar-refractivity contribution in [1.82, 2.24) is 10.2 Å². The van der Waals surface area contributed by atoms with Crippen LogP contribution in [0.4, 0.5) is 0 Å². The van der Waals surface area contributed by atoms with Crippen molar-refractivity contribution in [1.29, 1.82) is 0 Å². The largest absolute Gasteiger partial charge is 0.342 e. The average Bonchev–Trinajstić information content (AvgIpc) is 2.13. The Morgan fingerprint density at radius 2 is 2.14 bits per heavy atom. The molecule has 0 aliphatic carbocycles. The number of halogens is 1. The average molecular weight is 241 g/mol. The SMILES string of the molecule is CNCC(=O)N(C)C(C)CCSC.Cl. The molecule has 0 radical (unpaired) electrons. The van der Waals surface area contributed by atoms with E-state index in [4.69, 9.17) is 0 Å². The Morgan fingerprint density at radius 3 is 2.57 bits per heavy atom. The van der Waals surface area contributed by atoms with Gasteiger partial charge in [-0.05, 0) is 32.4 Å². The van der Waals surface area contributed by atoms with Crippen molar-refractivity contribution >= 4 is 30.1 Å². The number of nitrogens with one attached hydrogen (secondary N) is 1. The molecule has 5 heteroatoms. The van der Waals surface area contributed by atoms with E-state index in [0.29, 0.717) is 12.6 Å². The monoisotopic (exact) mass is 240 g/mol. The Hall–Kier alpha value is 0.0700. The van der Waals surface area contributed by atoms with Crippen LogP contribution >= 0.6 is 24.2 Å². The Kier molecular flexibility index (Phi) is 11.3. The summed E-state index contributed by atoms with van der Waals surface area (Å²) in [6, 6.07) is 0.341. The number of likely N-dealkylation sites (N-methyl/N-ethyl adjacent to an activating group) is 2. The van der Waals surface area contributed by atoms with Crippen molar-refractivity contribution < 1.29 is 4.79 Å². The first-order valence-corrected chi connectivity index (χ1v) is 5.92. The van der Waals surface area contributed by atoms with Crippen molar-refractivity contribution in [2.45, 2.75) is 19.4 Å². The molecule has 3 nitrogen and oxygen atoms in total. The summed E-state index contributed by atoms with van der Waals surface area (Å²) in [4.78, 5) is 13.2. The molecule has 0 aliphatic rings. The highest BCUT2D eigenvalue weighted by molar-refractivity contribution is 7.98. The molecule has 1 N–H and O–H groups in total. The summed E-state index contributed by atoms with van der Waals surface area (Å²) in [6.45, 7) is 2.52. The lowest BCUT2D eigenvalue weighted by molar-refractivity contribution is -0.130. The minimum atomic E-state index is 0. The van der Waals surface area contributed by atoms with Gasteiger partial charge >= 0.3 is 0 Å². The van der Waals surface area contributed by atoms with Crippen LogP contribution in [0.5, 0.6) is 0 Å². The summed E-state index contributed by atoms with van der Waals surface area (Å²) in [5.74, 6) is 1.27. The van der Waals surface area contributed by atoms with Gasteiger partial charge in [0.15, 0.2) is 0 Å². The molecular formula is C9H21ClN2OS. The van der Waals surface area contributed by atoms with Gasteiger partial charge < -0.3 is 10.2 Å². The van der Waals surface area contributed by atoms with Gasteiger partial charge in [0.1, 0.15) is 0 Å². The highest BCUT2D eigenvalue weighted by Gasteiger charge is 2.13. The Balaban J connectivity index is 0. The molecule has 0 bridgehead atoms. The summed E-state index contributed by atoms with van der Waals surface area (Å²) in [5.41, 5.74) is 0. The van der Waals surface area contributed by atoms with Crippen molar-refractivity contribution in [2.24, 2.45) is 0 Å². The van der Waals surface area contributed by atoms with Crippen LogP contribution in [-0.4, -0.2) is 49.5 Å². The minimum absolute atomic E-state index is 0. The molecule has 0 aliphatic heterocycles. The third kappa shape index (κ3) is 6.51. The van der Waals surface area contributed by atoms with Crippen molar-refractivity contribution in [3.05, 3.63) is 0 Å². The van der Waals surface area contributed by atoms with Gasteiger partial charge in [0.25, 0.3) is 0 Å². The van der Waals surface area contributed by atoms with Crippen LogP contribution in [0, 0.1) is 0 Å². The van der Waals surface area contributed by atoms with Crippen molar-refractivity contribution in [2.75, 3.05) is 32.6 Å². The second kappa shape index (κ2) is 9.62. The van der Waals surface area contributed by atoms with Crippen LogP contribution < -0.4 is 5.32 Å². The fraction of sp³-hybridized carbons (Fsp3) is 0.889. The van der Waals surface area contributed by atoms with E-state index in [1.807, 2.05) is 23.7 Å². The summed E-state index contributed by atoms with van der Waals surface area (Å²) in [7, 11) is 3.66. The van der Waals surface area contributed by atoms with Crippen molar-refractivity contribution in [3.63, 3.8) is 0 Å². The predicted molar refractivity (Wildman–Crippen MR) is 66.4 cm³/mol. The smallest absolute Gasteiger partial charge is 0.236 e. The van der Waals surface area contributed by atoms with Gasteiger partial charge in [0.05, 0.1) is 6.54 Å². The fourth-order valence-electron chi connectivity index (χ4n) is 1.00.